The van der Waals surface area contributed by atoms with Crippen LogP contribution >= 0.6 is 0 Å². The van der Waals surface area contributed by atoms with Crippen LogP contribution in [0.5, 0.6) is 11.5 Å². The van der Waals surface area contributed by atoms with Crippen molar-refractivity contribution in [1.82, 2.24) is 0 Å². The van der Waals surface area contributed by atoms with Crippen LogP contribution in [-0.2, 0) is 9.53 Å². The number of phenolic OH excluding ortho intramolecular Hbond substituents is 1. The van der Waals surface area contributed by atoms with Crippen molar-refractivity contribution in [2.24, 2.45) is 0 Å². The Labute approximate surface area is 124 Å². The van der Waals surface area contributed by atoms with Gasteiger partial charge in [-0.05, 0) is 23.8 Å². The van der Waals surface area contributed by atoms with E-state index in [9.17, 15) is 15.0 Å². The Balaban J connectivity index is 2.62. The van der Waals surface area contributed by atoms with Gasteiger partial charge in [0.05, 0.1) is 28.3 Å². The molecule has 1 rings (SSSR count). The number of ether oxygens (including phenoxy) is 2. The minimum Gasteiger partial charge on any atom is -0.504 e. The molecule has 0 aromatic heterocycles. The van der Waals surface area contributed by atoms with Crippen molar-refractivity contribution in [3.8, 4) is 11.5 Å². The Morgan fingerprint density at radius 1 is 1.38 bits per heavy atom. The molecule has 1 unspecified atom stereocenters. The second-order valence-electron chi connectivity index (χ2n) is 5.63. The van der Waals surface area contributed by atoms with Gasteiger partial charge >= 0.3 is 5.97 Å². The summed E-state index contributed by atoms with van der Waals surface area (Å²) in [5, 5.41) is 19.1. The molecule has 0 aliphatic heterocycles. The lowest BCUT2D eigenvalue weighted by atomic mass is 10.2. The van der Waals surface area contributed by atoms with Crippen LogP contribution in [0, 0.1) is 0 Å². The second kappa shape index (κ2) is 7.10. The molecule has 0 heterocycles. The first kappa shape index (κ1) is 17.0. The van der Waals surface area contributed by atoms with E-state index in [0.717, 1.165) is 0 Å². The summed E-state index contributed by atoms with van der Waals surface area (Å²) in [6, 6.07) is 4.68. The van der Waals surface area contributed by atoms with Crippen LogP contribution in [0.25, 0.3) is 6.08 Å². The van der Waals surface area contributed by atoms with E-state index < -0.39 is 12.3 Å². The first-order valence-corrected chi connectivity index (χ1v) is 6.45. The number of likely N-dealkylation sites (N-methyl/N-ethyl adjacent to an activating group) is 1. The predicted octanol–water partition coefficient (Wildman–Crippen LogP) is 0.982. The summed E-state index contributed by atoms with van der Waals surface area (Å²) in [5.41, 5.74) is 0.669. The molecule has 0 aliphatic carbocycles. The van der Waals surface area contributed by atoms with E-state index in [-0.39, 0.29) is 5.75 Å². The fourth-order valence-electron chi connectivity index (χ4n) is 1.64. The van der Waals surface area contributed by atoms with Crippen LogP contribution < -0.4 is 4.74 Å². The molecule has 21 heavy (non-hydrogen) atoms. The van der Waals surface area contributed by atoms with Crippen molar-refractivity contribution in [2.45, 2.75) is 6.29 Å². The zero-order valence-electron chi connectivity index (χ0n) is 12.7. The average molecular weight is 296 g/mol. The largest absolute Gasteiger partial charge is 0.504 e. The van der Waals surface area contributed by atoms with Crippen LogP contribution in [0.15, 0.2) is 24.3 Å². The number of esters is 1. The van der Waals surface area contributed by atoms with Gasteiger partial charge in [0, 0.05) is 6.08 Å². The molecular formula is C15H22NO5+. The van der Waals surface area contributed by atoms with E-state index in [1.165, 1.54) is 25.3 Å². The SMILES string of the molecule is COc1cc(C=CC(=O)OC(O)C[N+](C)(C)C)ccc1O. The standard InChI is InChI=1S/C15H21NO5/c1-16(2,3)10-15(19)21-14(18)8-6-11-5-7-12(17)13(9-11)20-4/h5-9,15,19H,10H2,1-4H3/p+1. The molecule has 1 atom stereocenters. The number of hydrogen-bond acceptors (Lipinski definition) is 5. The summed E-state index contributed by atoms with van der Waals surface area (Å²) in [6.07, 6.45) is 1.57. The van der Waals surface area contributed by atoms with Gasteiger partial charge in [-0.25, -0.2) is 4.79 Å². The Bertz CT molecular complexity index is 519. The Morgan fingerprint density at radius 3 is 2.62 bits per heavy atom. The lowest BCUT2D eigenvalue weighted by molar-refractivity contribution is -0.876. The van der Waals surface area contributed by atoms with E-state index in [1.54, 1.807) is 12.1 Å². The molecule has 1 aromatic carbocycles. The van der Waals surface area contributed by atoms with E-state index >= 15 is 0 Å². The Hall–Kier alpha value is -2.05. The maximum Gasteiger partial charge on any atom is 0.333 e. The molecule has 0 spiro atoms. The number of aliphatic hydroxyl groups excluding tert-OH is 1. The van der Waals surface area contributed by atoms with Gasteiger partial charge < -0.3 is 24.2 Å². The number of aromatic hydroxyl groups is 1. The van der Waals surface area contributed by atoms with Crippen molar-refractivity contribution in [3.63, 3.8) is 0 Å². The van der Waals surface area contributed by atoms with Crippen LogP contribution in [0.4, 0.5) is 0 Å². The normalized spacial score (nSPS) is 13.2. The highest BCUT2D eigenvalue weighted by molar-refractivity contribution is 5.87. The first-order chi connectivity index (χ1) is 9.71. The van der Waals surface area contributed by atoms with Crippen molar-refractivity contribution < 1.29 is 29.0 Å². The average Bonchev–Trinajstić information content (AvgIpc) is 2.35. The molecule has 0 fully saturated rings. The minimum absolute atomic E-state index is 0.0237. The van der Waals surface area contributed by atoms with Gasteiger partial charge in [0.25, 0.3) is 6.29 Å². The molecule has 6 heteroatoms. The lowest BCUT2D eigenvalue weighted by Gasteiger charge is -2.25. The van der Waals surface area contributed by atoms with Crippen LogP contribution in [0.1, 0.15) is 5.56 Å². The number of hydrogen-bond donors (Lipinski definition) is 2. The summed E-state index contributed by atoms with van der Waals surface area (Å²) in [5.74, 6) is -0.297. The summed E-state index contributed by atoms with van der Waals surface area (Å²) >= 11 is 0. The van der Waals surface area contributed by atoms with E-state index in [1.807, 2.05) is 21.1 Å². The Kier molecular flexibility index (Phi) is 5.75. The number of nitrogens with zero attached hydrogens (tertiary/aromatic N) is 1. The quantitative estimate of drug-likeness (QED) is 0.354. The predicted molar refractivity (Wildman–Crippen MR) is 78.7 cm³/mol. The van der Waals surface area contributed by atoms with Crippen LogP contribution in [0.2, 0.25) is 0 Å². The van der Waals surface area contributed by atoms with E-state index in [2.05, 4.69) is 0 Å². The van der Waals surface area contributed by atoms with Gasteiger partial charge in [0.15, 0.2) is 11.5 Å². The fraction of sp³-hybridized carbons (Fsp3) is 0.400. The molecule has 1 aromatic rings. The highest BCUT2D eigenvalue weighted by Crippen LogP contribution is 2.26. The number of carbonyl (C=O) groups is 1. The minimum atomic E-state index is -1.16. The van der Waals surface area contributed by atoms with Gasteiger partial charge in [-0.3, -0.25) is 0 Å². The second-order valence-corrected chi connectivity index (χ2v) is 5.63. The Morgan fingerprint density at radius 2 is 2.05 bits per heavy atom. The molecule has 0 saturated heterocycles. The van der Waals surface area contributed by atoms with Gasteiger partial charge in [-0.2, -0.15) is 0 Å². The first-order valence-electron chi connectivity index (χ1n) is 6.45. The fourth-order valence-corrected chi connectivity index (χ4v) is 1.64. The van der Waals surface area contributed by atoms with Crippen molar-refractivity contribution in [1.29, 1.82) is 0 Å². The van der Waals surface area contributed by atoms with Crippen LogP contribution in [-0.4, -0.2) is 61.8 Å². The van der Waals surface area contributed by atoms with Gasteiger partial charge in [-0.15, -0.1) is 0 Å². The number of phenols is 1. The number of quaternary nitrogens is 1. The zero-order chi connectivity index (χ0) is 16.0. The number of methoxy groups -OCH3 is 1. The molecule has 2 N–H and O–H groups in total. The molecule has 116 valence electrons. The van der Waals surface area contributed by atoms with E-state index in [0.29, 0.717) is 22.3 Å². The highest BCUT2D eigenvalue weighted by atomic mass is 16.6. The third-order valence-corrected chi connectivity index (χ3v) is 2.57. The molecule has 0 aliphatic rings. The molecule has 0 radical (unpaired) electrons. The van der Waals surface area contributed by atoms with Crippen molar-refractivity contribution in [3.05, 3.63) is 29.8 Å². The lowest BCUT2D eigenvalue weighted by Crippen LogP contribution is -2.42. The zero-order valence-corrected chi connectivity index (χ0v) is 12.7. The maximum absolute atomic E-state index is 11.6. The monoisotopic (exact) mass is 296 g/mol. The summed E-state index contributed by atoms with van der Waals surface area (Å²) in [6.45, 7) is 0.298. The number of rotatable bonds is 6. The molecule has 0 saturated carbocycles. The molecule has 0 bridgehead atoms. The third-order valence-electron chi connectivity index (χ3n) is 2.57. The van der Waals surface area contributed by atoms with E-state index in [4.69, 9.17) is 9.47 Å². The highest BCUT2D eigenvalue weighted by Gasteiger charge is 2.18. The number of aliphatic hydroxyl groups is 1. The van der Waals surface area contributed by atoms with Crippen molar-refractivity contribution >= 4 is 12.0 Å². The molecule has 0 amide bonds. The molecular weight excluding hydrogens is 274 g/mol. The summed E-state index contributed by atoms with van der Waals surface area (Å²) in [7, 11) is 7.10. The molecule has 6 nitrogen and oxygen atoms in total. The maximum atomic E-state index is 11.6. The topological polar surface area (TPSA) is 76.0 Å². The number of benzene rings is 1. The van der Waals surface area contributed by atoms with Crippen molar-refractivity contribution in [2.75, 3.05) is 34.8 Å². The van der Waals surface area contributed by atoms with Gasteiger partial charge in [-0.1, -0.05) is 6.07 Å². The van der Waals surface area contributed by atoms with Crippen LogP contribution in [0.3, 0.4) is 0 Å². The summed E-state index contributed by atoms with van der Waals surface area (Å²) < 4.78 is 10.3. The van der Waals surface area contributed by atoms with Gasteiger partial charge in [0.1, 0.15) is 6.54 Å². The van der Waals surface area contributed by atoms with Gasteiger partial charge in [0.2, 0.25) is 0 Å². The smallest absolute Gasteiger partial charge is 0.333 e. The third kappa shape index (κ3) is 6.29. The summed E-state index contributed by atoms with van der Waals surface area (Å²) in [4.78, 5) is 11.6. The number of carbonyl (C=O) groups excluding carboxylic acids is 1.